The van der Waals surface area contributed by atoms with Crippen LogP contribution in [0.25, 0.3) is 0 Å². The summed E-state index contributed by atoms with van der Waals surface area (Å²) in [6, 6.07) is 14.0. The average Bonchev–Trinajstić information content (AvgIpc) is 2.88. The van der Waals surface area contributed by atoms with Crippen molar-refractivity contribution in [2.24, 2.45) is 0 Å². The van der Waals surface area contributed by atoms with Crippen molar-refractivity contribution in [1.29, 1.82) is 0 Å². The Hall–Kier alpha value is -1.81. The summed E-state index contributed by atoms with van der Waals surface area (Å²) in [6.45, 7) is 0. The van der Waals surface area contributed by atoms with E-state index in [-0.39, 0.29) is 11.1 Å². The van der Waals surface area contributed by atoms with Gasteiger partial charge in [0, 0.05) is 10.1 Å². The van der Waals surface area contributed by atoms with E-state index >= 15 is 0 Å². The fraction of sp³-hybridized carbons (Fsp3) is 0.235. The summed E-state index contributed by atoms with van der Waals surface area (Å²) < 4.78 is 13.0. The molecule has 2 atom stereocenters. The lowest BCUT2D eigenvalue weighted by atomic mass is 9.92. The lowest BCUT2D eigenvalue weighted by molar-refractivity contribution is -0.139. The van der Waals surface area contributed by atoms with Crippen molar-refractivity contribution in [1.82, 2.24) is 0 Å². The fourth-order valence-electron chi connectivity index (χ4n) is 2.72. The van der Waals surface area contributed by atoms with Gasteiger partial charge in [-0.25, -0.2) is 4.39 Å². The second kappa shape index (κ2) is 5.90. The molecular weight excluding hydrogens is 287 g/mol. The number of rotatable bonds is 4. The molecule has 4 heteroatoms. The highest BCUT2D eigenvalue weighted by atomic mass is 32.2. The summed E-state index contributed by atoms with van der Waals surface area (Å²) in [5.74, 6) is -1.78. The van der Waals surface area contributed by atoms with Gasteiger partial charge in [-0.15, -0.1) is 11.8 Å². The maximum absolute atomic E-state index is 13.0. The molecule has 2 nitrogen and oxygen atoms in total. The Balaban J connectivity index is 1.75. The molecule has 0 saturated carbocycles. The van der Waals surface area contributed by atoms with Crippen molar-refractivity contribution in [2.45, 2.75) is 28.9 Å². The van der Waals surface area contributed by atoms with Crippen LogP contribution in [0.3, 0.4) is 0 Å². The van der Waals surface area contributed by atoms with E-state index in [0.717, 1.165) is 6.42 Å². The Morgan fingerprint density at radius 1 is 1.24 bits per heavy atom. The normalized spacial score (nSPS) is 18.2. The van der Waals surface area contributed by atoms with Crippen molar-refractivity contribution in [2.75, 3.05) is 0 Å². The predicted octanol–water partition coefficient (Wildman–Crippen LogP) is 4.10. The Bertz CT molecular complexity index is 629. The van der Waals surface area contributed by atoms with Gasteiger partial charge in [0.15, 0.2) is 0 Å². The summed E-state index contributed by atoms with van der Waals surface area (Å²) in [7, 11) is 0. The lowest BCUT2D eigenvalue weighted by Gasteiger charge is -2.16. The van der Waals surface area contributed by atoms with Crippen LogP contribution in [0.15, 0.2) is 53.4 Å². The van der Waals surface area contributed by atoms with Crippen molar-refractivity contribution in [3.8, 4) is 0 Å². The van der Waals surface area contributed by atoms with E-state index in [1.807, 2.05) is 12.1 Å². The minimum Gasteiger partial charge on any atom is -0.481 e. The third-order valence-corrected chi connectivity index (χ3v) is 5.13. The summed E-state index contributed by atoms with van der Waals surface area (Å²) in [5, 5.41) is 9.73. The fourth-order valence-corrected chi connectivity index (χ4v) is 4.09. The van der Waals surface area contributed by atoms with Crippen LogP contribution < -0.4 is 0 Å². The first-order valence-corrected chi connectivity index (χ1v) is 7.74. The summed E-state index contributed by atoms with van der Waals surface area (Å²) in [6.07, 6.45) is 1.45. The third kappa shape index (κ3) is 3.10. The number of hydrogen-bond acceptors (Lipinski definition) is 2. The van der Waals surface area contributed by atoms with E-state index in [1.54, 1.807) is 23.9 Å². The lowest BCUT2D eigenvalue weighted by Crippen LogP contribution is -2.17. The largest absolute Gasteiger partial charge is 0.481 e. The first-order valence-electron chi connectivity index (χ1n) is 6.86. The van der Waals surface area contributed by atoms with E-state index in [0.29, 0.717) is 12.0 Å². The highest BCUT2D eigenvalue weighted by Crippen LogP contribution is 2.41. The Morgan fingerprint density at radius 2 is 1.95 bits per heavy atom. The minimum atomic E-state index is -0.849. The number of carboxylic acids is 1. The van der Waals surface area contributed by atoms with Gasteiger partial charge in [-0.2, -0.15) is 0 Å². The molecule has 2 aromatic carbocycles. The van der Waals surface area contributed by atoms with Crippen LogP contribution in [-0.4, -0.2) is 16.3 Å². The third-order valence-electron chi connectivity index (χ3n) is 3.78. The number of benzene rings is 2. The maximum Gasteiger partial charge on any atom is 0.311 e. The van der Waals surface area contributed by atoms with Gasteiger partial charge >= 0.3 is 5.97 Å². The first kappa shape index (κ1) is 14.1. The Labute approximate surface area is 127 Å². The molecule has 1 N–H and O–H groups in total. The van der Waals surface area contributed by atoms with Gasteiger partial charge in [0.2, 0.25) is 0 Å². The molecule has 0 bridgehead atoms. The van der Waals surface area contributed by atoms with Gasteiger partial charge in [-0.05, 0) is 42.2 Å². The number of halogens is 1. The molecule has 108 valence electrons. The molecule has 0 spiro atoms. The van der Waals surface area contributed by atoms with Crippen LogP contribution in [0, 0.1) is 5.82 Å². The minimum absolute atomic E-state index is 0.258. The van der Waals surface area contributed by atoms with Crippen molar-refractivity contribution >= 4 is 17.7 Å². The van der Waals surface area contributed by atoms with Crippen LogP contribution in [0.2, 0.25) is 0 Å². The molecule has 2 unspecified atom stereocenters. The number of fused-ring (bicyclic) bond motifs is 1. The van der Waals surface area contributed by atoms with E-state index in [1.165, 1.54) is 22.6 Å². The molecule has 0 saturated heterocycles. The molecule has 1 aliphatic rings. The highest BCUT2D eigenvalue weighted by molar-refractivity contribution is 8.00. The van der Waals surface area contributed by atoms with Gasteiger partial charge < -0.3 is 5.11 Å². The van der Waals surface area contributed by atoms with E-state index < -0.39 is 11.9 Å². The first-order chi connectivity index (χ1) is 10.1. The number of aliphatic carboxylic acids is 1. The molecular formula is C17H15FO2S. The van der Waals surface area contributed by atoms with Crippen LogP contribution in [0.1, 0.15) is 23.5 Å². The summed E-state index contributed by atoms with van der Waals surface area (Å²) >= 11 is 1.74. The van der Waals surface area contributed by atoms with Gasteiger partial charge in [0.25, 0.3) is 0 Å². The number of carbonyl (C=O) groups is 1. The topological polar surface area (TPSA) is 37.3 Å². The van der Waals surface area contributed by atoms with Gasteiger partial charge in [-0.3, -0.25) is 4.79 Å². The van der Waals surface area contributed by atoms with E-state index in [9.17, 15) is 14.3 Å². The summed E-state index contributed by atoms with van der Waals surface area (Å²) in [5.41, 5.74) is 1.95. The molecule has 0 aliphatic carbocycles. The number of carboxylic acid groups (broad SMARTS) is 1. The van der Waals surface area contributed by atoms with Gasteiger partial charge in [0.05, 0.1) is 5.92 Å². The molecule has 3 rings (SSSR count). The second-order valence-electron chi connectivity index (χ2n) is 5.23. The van der Waals surface area contributed by atoms with Crippen molar-refractivity contribution in [3.05, 3.63) is 65.5 Å². The van der Waals surface area contributed by atoms with Crippen LogP contribution in [0.4, 0.5) is 4.39 Å². The average molecular weight is 302 g/mol. The predicted molar refractivity (Wildman–Crippen MR) is 81.2 cm³/mol. The van der Waals surface area contributed by atoms with Crippen LogP contribution in [0.5, 0.6) is 0 Å². The van der Waals surface area contributed by atoms with E-state index in [4.69, 9.17) is 0 Å². The Kier molecular flexibility index (Phi) is 3.97. The number of thioether (sulfide) groups is 1. The highest BCUT2D eigenvalue weighted by Gasteiger charge is 2.29. The second-order valence-corrected chi connectivity index (χ2v) is 6.57. The maximum atomic E-state index is 13.0. The summed E-state index contributed by atoms with van der Waals surface area (Å²) in [4.78, 5) is 12.8. The molecule has 0 fully saturated rings. The molecule has 0 aromatic heterocycles. The standard InChI is InChI=1S/C17H15FO2S/c18-13-7-5-11(6-8-13)15(17(19)20)10-14-9-12-3-1-2-4-16(12)21-14/h1-8,14-15H,9-10H2,(H,19,20). The van der Waals surface area contributed by atoms with Crippen molar-refractivity contribution in [3.63, 3.8) is 0 Å². The molecule has 2 aromatic rings. The van der Waals surface area contributed by atoms with Crippen molar-refractivity contribution < 1.29 is 14.3 Å². The monoisotopic (exact) mass is 302 g/mol. The van der Waals surface area contributed by atoms with Gasteiger partial charge in [0.1, 0.15) is 5.82 Å². The molecule has 1 heterocycles. The van der Waals surface area contributed by atoms with Crippen LogP contribution >= 0.6 is 11.8 Å². The SMILES string of the molecule is O=C(O)C(CC1Cc2ccccc2S1)c1ccc(F)cc1. The quantitative estimate of drug-likeness (QED) is 0.924. The zero-order valence-electron chi connectivity index (χ0n) is 11.3. The zero-order chi connectivity index (χ0) is 14.8. The molecule has 21 heavy (non-hydrogen) atoms. The van der Waals surface area contributed by atoms with E-state index in [2.05, 4.69) is 12.1 Å². The van der Waals surface area contributed by atoms with Crippen LogP contribution in [-0.2, 0) is 11.2 Å². The molecule has 0 radical (unpaired) electrons. The smallest absolute Gasteiger partial charge is 0.311 e. The zero-order valence-corrected chi connectivity index (χ0v) is 12.1. The molecule has 1 aliphatic heterocycles. The molecule has 0 amide bonds. The Morgan fingerprint density at radius 3 is 2.62 bits per heavy atom. The van der Waals surface area contributed by atoms with Gasteiger partial charge in [-0.1, -0.05) is 30.3 Å². The number of hydrogen-bond donors (Lipinski definition) is 1.